The van der Waals surface area contributed by atoms with E-state index < -0.39 is 21.0 Å². The number of nitro groups is 1. The lowest BCUT2D eigenvalue weighted by Crippen LogP contribution is -2.45. The van der Waals surface area contributed by atoms with Crippen molar-refractivity contribution in [3.05, 3.63) is 39.9 Å². The molecular formula is C13H17N3O5S. The van der Waals surface area contributed by atoms with Crippen molar-refractivity contribution in [2.75, 3.05) is 6.54 Å². The Balaban J connectivity index is 2.03. The number of carbonyl (C=O) groups is 1. The minimum absolute atomic E-state index is 0.0998. The first-order chi connectivity index (χ1) is 10.4. The van der Waals surface area contributed by atoms with E-state index in [2.05, 4.69) is 10.0 Å². The number of hydrogen-bond acceptors (Lipinski definition) is 5. The van der Waals surface area contributed by atoms with Crippen molar-refractivity contribution in [1.82, 2.24) is 10.0 Å². The van der Waals surface area contributed by atoms with Crippen LogP contribution in [0.5, 0.6) is 0 Å². The zero-order valence-electron chi connectivity index (χ0n) is 11.8. The number of nitrogens with one attached hydrogen (secondary N) is 2. The molecule has 1 atom stereocenters. The smallest absolute Gasteiger partial charge is 0.269 e. The standard InChI is InChI=1S/C13H17N3O5S/c17-13-12(3-1-2-8-14-13)15-22(20,21)9-10-4-6-11(7-5-10)16(18)19/h4-7,12,15H,1-3,8-9H2,(H,14,17). The fraction of sp³-hybridized carbons (Fsp3) is 0.462. The Morgan fingerprint density at radius 2 is 1.95 bits per heavy atom. The van der Waals surface area contributed by atoms with Gasteiger partial charge in [0.15, 0.2) is 0 Å². The van der Waals surface area contributed by atoms with Crippen LogP contribution < -0.4 is 10.0 Å². The highest BCUT2D eigenvalue weighted by Crippen LogP contribution is 2.14. The van der Waals surface area contributed by atoms with E-state index in [4.69, 9.17) is 0 Å². The molecule has 1 aromatic rings. The van der Waals surface area contributed by atoms with Gasteiger partial charge in [0.25, 0.3) is 5.69 Å². The van der Waals surface area contributed by atoms with Crippen molar-refractivity contribution < 1.29 is 18.1 Å². The van der Waals surface area contributed by atoms with Crippen LogP contribution >= 0.6 is 0 Å². The second-order valence-electron chi connectivity index (χ2n) is 5.14. The second-order valence-corrected chi connectivity index (χ2v) is 6.89. The number of carbonyl (C=O) groups excluding carboxylic acids is 1. The van der Waals surface area contributed by atoms with E-state index in [1.54, 1.807) is 0 Å². The molecule has 8 nitrogen and oxygen atoms in total. The summed E-state index contributed by atoms with van der Waals surface area (Å²) in [5.74, 6) is -0.640. The number of non-ortho nitro benzene ring substituents is 1. The maximum absolute atomic E-state index is 12.1. The summed E-state index contributed by atoms with van der Waals surface area (Å²) in [4.78, 5) is 21.8. The number of nitro benzene ring substituents is 1. The Hall–Kier alpha value is -2.00. The van der Waals surface area contributed by atoms with Crippen LogP contribution in [0.3, 0.4) is 0 Å². The van der Waals surface area contributed by atoms with Crippen LogP contribution in [0, 0.1) is 10.1 Å². The number of nitrogens with zero attached hydrogens (tertiary/aromatic N) is 1. The van der Waals surface area contributed by atoms with Gasteiger partial charge in [0, 0.05) is 18.7 Å². The average molecular weight is 327 g/mol. The third kappa shape index (κ3) is 4.50. The molecule has 1 amide bonds. The SMILES string of the molecule is O=C1NCCCCC1NS(=O)(=O)Cc1ccc([N+](=O)[O-])cc1. The molecule has 1 aliphatic rings. The molecule has 1 fully saturated rings. The van der Waals surface area contributed by atoms with Crippen molar-refractivity contribution in [2.45, 2.75) is 31.1 Å². The second kappa shape index (κ2) is 6.84. The van der Waals surface area contributed by atoms with E-state index in [1.807, 2.05) is 0 Å². The van der Waals surface area contributed by atoms with E-state index in [0.29, 0.717) is 18.5 Å². The predicted molar refractivity (Wildman–Crippen MR) is 79.5 cm³/mol. The lowest BCUT2D eigenvalue weighted by molar-refractivity contribution is -0.384. The largest absolute Gasteiger partial charge is 0.355 e. The van der Waals surface area contributed by atoms with Gasteiger partial charge in [0.05, 0.1) is 10.7 Å². The van der Waals surface area contributed by atoms with Crippen molar-refractivity contribution >= 4 is 21.6 Å². The molecule has 1 aromatic carbocycles. The van der Waals surface area contributed by atoms with Gasteiger partial charge in [-0.15, -0.1) is 0 Å². The summed E-state index contributed by atoms with van der Waals surface area (Å²) in [5.41, 5.74) is 0.324. The minimum Gasteiger partial charge on any atom is -0.355 e. The third-order valence-corrected chi connectivity index (χ3v) is 4.72. The molecule has 1 heterocycles. The minimum atomic E-state index is -3.70. The van der Waals surface area contributed by atoms with Gasteiger partial charge in [-0.25, -0.2) is 13.1 Å². The first kappa shape index (κ1) is 16.4. The number of amides is 1. The van der Waals surface area contributed by atoms with Crippen LogP contribution in [0.1, 0.15) is 24.8 Å². The Morgan fingerprint density at radius 1 is 1.27 bits per heavy atom. The molecule has 22 heavy (non-hydrogen) atoms. The lowest BCUT2D eigenvalue weighted by Gasteiger charge is -2.15. The maximum atomic E-state index is 12.1. The molecule has 0 spiro atoms. The molecule has 120 valence electrons. The number of sulfonamides is 1. The van der Waals surface area contributed by atoms with Crippen LogP contribution in [0.25, 0.3) is 0 Å². The third-order valence-electron chi connectivity index (χ3n) is 3.36. The molecular weight excluding hydrogens is 310 g/mol. The molecule has 9 heteroatoms. The predicted octanol–water partition coefficient (Wildman–Crippen LogP) is 0.683. The molecule has 1 saturated heterocycles. The first-order valence-electron chi connectivity index (χ1n) is 6.88. The number of hydrogen-bond donors (Lipinski definition) is 2. The van der Waals surface area contributed by atoms with Gasteiger partial charge in [-0.3, -0.25) is 14.9 Å². The summed E-state index contributed by atoms with van der Waals surface area (Å²) >= 11 is 0. The molecule has 2 N–H and O–H groups in total. The summed E-state index contributed by atoms with van der Waals surface area (Å²) in [5, 5.41) is 13.2. The summed E-state index contributed by atoms with van der Waals surface area (Å²) in [6.45, 7) is 0.555. The molecule has 0 radical (unpaired) electrons. The molecule has 1 unspecified atom stereocenters. The van der Waals surface area contributed by atoms with E-state index in [9.17, 15) is 23.3 Å². The summed E-state index contributed by atoms with van der Waals surface area (Å²) in [6, 6.07) is 4.53. The van der Waals surface area contributed by atoms with Crippen LogP contribution in [0.2, 0.25) is 0 Å². The summed E-state index contributed by atoms with van der Waals surface area (Å²) in [6.07, 6.45) is 2.06. The zero-order chi connectivity index (χ0) is 16.2. The van der Waals surface area contributed by atoms with E-state index in [1.165, 1.54) is 24.3 Å². The molecule has 0 saturated carbocycles. The first-order valence-corrected chi connectivity index (χ1v) is 8.54. The average Bonchev–Trinajstić information content (AvgIpc) is 2.64. The fourth-order valence-electron chi connectivity index (χ4n) is 2.24. The molecule has 0 aromatic heterocycles. The van der Waals surface area contributed by atoms with Crippen LogP contribution in [0.4, 0.5) is 5.69 Å². The van der Waals surface area contributed by atoms with Crippen molar-refractivity contribution in [3.8, 4) is 0 Å². The normalized spacial score (nSPS) is 19.3. The van der Waals surface area contributed by atoms with Crippen molar-refractivity contribution in [1.29, 1.82) is 0 Å². The Labute approximate surface area is 128 Å². The highest BCUT2D eigenvalue weighted by Gasteiger charge is 2.25. The van der Waals surface area contributed by atoms with Gasteiger partial charge >= 0.3 is 0 Å². The van der Waals surface area contributed by atoms with Crippen LogP contribution in [-0.4, -0.2) is 31.8 Å². The Morgan fingerprint density at radius 3 is 2.59 bits per heavy atom. The molecule has 2 rings (SSSR count). The quantitative estimate of drug-likeness (QED) is 0.609. The fourth-order valence-corrected chi connectivity index (χ4v) is 3.62. The zero-order valence-corrected chi connectivity index (χ0v) is 12.6. The molecule has 1 aliphatic heterocycles. The van der Waals surface area contributed by atoms with E-state index in [-0.39, 0.29) is 17.3 Å². The van der Waals surface area contributed by atoms with Gasteiger partial charge in [0.2, 0.25) is 15.9 Å². The van der Waals surface area contributed by atoms with Gasteiger partial charge < -0.3 is 5.32 Å². The molecule has 0 bridgehead atoms. The van der Waals surface area contributed by atoms with E-state index >= 15 is 0 Å². The van der Waals surface area contributed by atoms with Gasteiger partial charge in [-0.2, -0.15) is 0 Å². The summed E-state index contributed by atoms with van der Waals surface area (Å²) < 4.78 is 26.6. The monoisotopic (exact) mass is 327 g/mol. The summed E-state index contributed by atoms with van der Waals surface area (Å²) in [7, 11) is -3.70. The van der Waals surface area contributed by atoms with E-state index in [0.717, 1.165) is 12.8 Å². The van der Waals surface area contributed by atoms with Gasteiger partial charge in [-0.05, 0) is 24.8 Å². The van der Waals surface area contributed by atoms with Gasteiger partial charge in [-0.1, -0.05) is 12.1 Å². The highest BCUT2D eigenvalue weighted by molar-refractivity contribution is 7.88. The van der Waals surface area contributed by atoms with Crippen LogP contribution in [-0.2, 0) is 20.6 Å². The highest BCUT2D eigenvalue weighted by atomic mass is 32.2. The van der Waals surface area contributed by atoms with Crippen LogP contribution in [0.15, 0.2) is 24.3 Å². The molecule has 0 aliphatic carbocycles. The number of benzene rings is 1. The topological polar surface area (TPSA) is 118 Å². The van der Waals surface area contributed by atoms with Gasteiger partial charge in [0.1, 0.15) is 6.04 Å². The Bertz CT molecular complexity index is 657. The number of rotatable bonds is 5. The Kier molecular flexibility index (Phi) is 5.09. The lowest BCUT2D eigenvalue weighted by atomic mass is 10.1. The maximum Gasteiger partial charge on any atom is 0.269 e. The van der Waals surface area contributed by atoms with Crippen molar-refractivity contribution in [2.24, 2.45) is 0 Å². The van der Waals surface area contributed by atoms with Crippen molar-refractivity contribution in [3.63, 3.8) is 0 Å².